The Labute approximate surface area is 106 Å². The molecular weight excluding hydrogens is 240 g/mol. The summed E-state index contributed by atoms with van der Waals surface area (Å²) in [6.07, 6.45) is -1.14. The Morgan fingerprint density at radius 2 is 2.39 bits per heavy atom. The van der Waals surface area contributed by atoms with Gasteiger partial charge < -0.3 is 25.2 Å². The zero-order valence-corrected chi connectivity index (χ0v) is 10.5. The Hall–Kier alpha value is -1.18. The first-order chi connectivity index (χ1) is 8.63. The fraction of sp³-hybridized carbons (Fsp3) is 0.818. The predicted molar refractivity (Wildman–Crippen MR) is 63.3 cm³/mol. The molecule has 1 saturated heterocycles. The van der Waals surface area contributed by atoms with Gasteiger partial charge in [0.05, 0.1) is 19.1 Å². The van der Waals surface area contributed by atoms with E-state index in [1.54, 1.807) is 6.92 Å². The number of nitrogens with one attached hydrogen (secondary N) is 2. The molecule has 0 aliphatic carbocycles. The molecule has 104 valence electrons. The van der Waals surface area contributed by atoms with E-state index < -0.39 is 18.2 Å². The van der Waals surface area contributed by atoms with Gasteiger partial charge >= 0.3 is 5.97 Å². The van der Waals surface area contributed by atoms with Gasteiger partial charge in [0.25, 0.3) is 5.91 Å². The predicted octanol–water partition coefficient (Wildman–Crippen LogP) is -1.03. The van der Waals surface area contributed by atoms with Crippen molar-refractivity contribution in [3.05, 3.63) is 0 Å². The molecule has 0 aromatic heterocycles. The number of aliphatic carboxylic acids is 1. The fourth-order valence-electron chi connectivity index (χ4n) is 1.68. The first-order valence-electron chi connectivity index (χ1n) is 6.07. The highest BCUT2D eigenvalue weighted by Gasteiger charge is 2.23. The minimum atomic E-state index is -0.946. The third-order valence-electron chi connectivity index (χ3n) is 2.53. The van der Waals surface area contributed by atoms with Crippen LogP contribution in [0.3, 0.4) is 0 Å². The third-order valence-corrected chi connectivity index (χ3v) is 2.53. The minimum Gasteiger partial charge on any atom is -0.481 e. The highest BCUT2D eigenvalue weighted by Crippen LogP contribution is 2.00. The maximum absolute atomic E-state index is 11.7. The van der Waals surface area contributed by atoms with Gasteiger partial charge in [-0.1, -0.05) is 0 Å². The number of carbonyl (C=O) groups is 2. The summed E-state index contributed by atoms with van der Waals surface area (Å²) in [6.45, 7) is 4.09. The number of rotatable bonds is 7. The Balaban J connectivity index is 2.31. The maximum atomic E-state index is 11.7. The van der Waals surface area contributed by atoms with Gasteiger partial charge in [-0.05, 0) is 6.92 Å². The van der Waals surface area contributed by atoms with Crippen molar-refractivity contribution in [3.8, 4) is 0 Å². The first-order valence-corrected chi connectivity index (χ1v) is 6.07. The lowest BCUT2D eigenvalue weighted by Gasteiger charge is -2.24. The van der Waals surface area contributed by atoms with Gasteiger partial charge in [0, 0.05) is 26.2 Å². The molecule has 2 atom stereocenters. The minimum absolute atomic E-state index is 0.127. The lowest BCUT2D eigenvalue weighted by Crippen LogP contribution is -2.49. The van der Waals surface area contributed by atoms with Gasteiger partial charge in [0.2, 0.25) is 0 Å². The van der Waals surface area contributed by atoms with Crippen LogP contribution in [0.2, 0.25) is 0 Å². The monoisotopic (exact) mass is 260 g/mol. The summed E-state index contributed by atoms with van der Waals surface area (Å²) < 4.78 is 10.5. The molecule has 0 aromatic rings. The SMILES string of the molecule is CCOC(CNC(=O)C1CNCCO1)CC(=O)O. The van der Waals surface area contributed by atoms with Crippen molar-refractivity contribution in [2.45, 2.75) is 25.6 Å². The number of carbonyl (C=O) groups excluding carboxylic acids is 1. The van der Waals surface area contributed by atoms with Crippen LogP contribution in [0.15, 0.2) is 0 Å². The summed E-state index contributed by atoms with van der Waals surface area (Å²) in [5.41, 5.74) is 0. The van der Waals surface area contributed by atoms with Crippen molar-refractivity contribution in [2.75, 3.05) is 32.8 Å². The van der Waals surface area contributed by atoms with Crippen LogP contribution in [0.25, 0.3) is 0 Å². The van der Waals surface area contributed by atoms with E-state index in [4.69, 9.17) is 14.6 Å². The van der Waals surface area contributed by atoms with E-state index in [9.17, 15) is 9.59 Å². The van der Waals surface area contributed by atoms with E-state index in [1.807, 2.05) is 0 Å². The summed E-state index contributed by atoms with van der Waals surface area (Å²) in [7, 11) is 0. The molecule has 2 unspecified atom stereocenters. The van der Waals surface area contributed by atoms with Crippen molar-refractivity contribution in [3.63, 3.8) is 0 Å². The molecule has 7 heteroatoms. The zero-order chi connectivity index (χ0) is 13.4. The van der Waals surface area contributed by atoms with E-state index in [2.05, 4.69) is 10.6 Å². The lowest BCUT2D eigenvalue weighted by atomic mass is 10.2. The van der Waals surface area contributed by atoms with Crippen LogP contribution >= 0.6 is 0 Å². The Morgan fingerprint density at radius 1 is 1.61 bits per heavy atom. The van der Waals surface area contributed by atoms with E-state index in [1.165, 1.54) is 0 Å². The molecule has 0 radical (unpaired) electrons. The number of hydrogen-bond donors (Lipinski definition) is 3. The topological polar surface area (TPSA) is 96.9 Å². The van der Waals surface area contributed by atoms with Crippen molar-refractivity contribution in [1.29, 1.82) is 0 Å². The van der Waals surface area contributed by atoms with Crippen LogP contribution in [-0.2, 0) is 19.1 Å². The normalized spacial score (nSPS) is 21.3. The molecule has 1 heterocycles. The smallest absolute Gasteiger partial charge is 0.306 e. The third kappa shape index (κ3) is 5.44. The number of ether oxygens (including phenoxy) is 2. The van der Waals surface area contributed by atoms with Crippen LogP contribution in [-0.4, -0.2) is 62.0 Å². The number of morpholine rings is 1. The van der Waals surface area contributed by atoms with Crippen molar-refractivity contribution in [1.82, 2.24) is 10.6 Å². The molecule has 0 bridgehead atoms. The Bertz CT molecular complexity index is 279. The standard InChI is InChI=1S/C11H20N2O5/c1-2-17-8(5-10(14)15)6-13-11(16)9-7-12-3-4-18-9/h8-9,12H,2-7H2,1H3,(H,13,16)(H,14,15). The van der Waals surface area contributed by atoms with Gasteiger partial charge in [-0.2, -0.15) is 0 Å². The van der Waals surface area contributed by atoms with E-state index >= 15 is 0 Å². The summed E-state index contributed by atoms with van der Waals surface area (Å²) in [6, 6.07) is 0. The molecule has 0 aromatic carbocycles. The second kappa shape index (κ2) is 8.02. The van der Waals surface area contributed by atoms with Gasteiger partial charge in [0.15, 0.2) is 0 Å². The number of carboxylic acid groups (broad SMARTS) is 1. The quantitative estimate of drug-likeness (QED) is 0.541. The second-order valence-electron chi connectivity index (χ2n) is 3.98. The molecule has 18 heavy (non-hydrogen) atoms. The second-order valence-corrected chi connectivity index (χ2v) is 3.98. The molecule has 0 saturated carbocycles. The number of carboxylic acids is 1. The van der Waals surface area contributed by atoms with Crippen LogP contribution in [0.4, 0.5) is 0 Å². The van der Waals surface area contributed by atoms with Crippen LogP contribution in [0.5, 0.6) is 0 Å². The van der Waals surface area contributed by atoms with E-state index in [-0.39, 0.29) is 18.9 Å². The average Bonchev–Trinajstić information content (AvgIpc) is 2.36. The largest absolute Gasteiger partial charge is 0.481 e. The van der Waals surface area contributed by atoms with Gasteiger partial charge in [0.1, 0.15) is 6.10 Å². The van der Waals surface area contributed by atoms with Crippen molar-refractivity contribution >= 4 is 11.9 Å². The molecule has 7 nitrogen and oxygen atoms in total. The molecule has 3 N–H and O–H groups in total. The van der Waals surface area contributed by atoms with E-state index in [0.717, 1.165) is 6.54 Å². The van der Waals surface area contributed by atoms with E-state index in [0.29, 0.717) is 19.8 Å². The molecule has 1 amide bonds. The highest BCUT2D eigenvalue weighted by molar-refractivity contribution is 5.81. The summed E-state index contributed by atoms with van der Waals surface area (Å²) in [4.78, 5) is 22.3. The van der Waals surface area contributed by atoms with Crippen molar-refractivity contribution in [2.24, 2.45) is 0 Å². The van der Waals surface area contributed by atoms with Crippen LogP contribution in [0.1, 0.15) is 13.3 Å². The molecule has 1 rings (SSSR count). The van der Waals surface area contributed by atoms with Crippen LogP contribution in [0, 0.1) is 0 Å². The molecular formula is C11H20N2O5. The molecule has 1 aliphatic heterocycles. The number of hydrogen-bond acceptors (Lipinski definition) is 5. The van der Waals surface area contributed by atoms with Crippen molar-refractivity contribution < 1.29 is 24.2 Å². The summed E-state index contributed by atoms with van der Waals surface area (Å²) in [5.74, 6) is -1.18. The number of amides is 1. The Kier molecular flexibility index (Phi) is 6.63. The van der Waals surface area contributed by atoms with Crippen LogP contribution < -0.4 is 10.6 Å². The highest BCUT2D eigenvalue weighted by atomic mass is 16.5. The lowest BCUT2D eigenvalue weighted by molar-refractivity contribution is -0.141. The van der Waals surface area contributed by atoms with Gasteiger partial charge in [-0.3, -0.25) is 9.59 Å². The molecule has 1 fully saturated rings. The van der Waals surface area contributed by atoms with Gasteiger partial charge in [-0.15, -0.1) is 0 Å². The summed E-state index contributed by atoms with van der Waals surface area (Å²) >= 11 is 0. The maximum Gasteiger partial charge on any atom is 0.306 e. The molecule has 0 spiro atoms. The average molecular weight is 260 g/mol. The zero-order valence-electron chi connectivity index (χ0n) is 10.5. The molecule has 1 aliphatic rings. The first kappa shape index (κ1) is 14.9. The Morgan fingerprint density at radius 3 is 2.94 bits per heavy atom. The van der Waals surface area contributed by atoms with Gasteiger partial charge in [-0.25, -0.2) is 0 Å². The summed E-state index contributed by atoms with van der Waals surface area (Å²) in [5, 5.41) is 14.4. The fourth-order valence-corrected chi connectivity index (χ4v) is 1.68.